The minimum atomic E-state index is -3.27. The number of hydrogen-bond donors (Lipinski definition) is 1. The van der Waals surface area contributed by atoms with Crippen LogP contribution >= 0.6 is 0 Å². The monoisotopic (exact) mass is 424 g/mol. The van der Waals surface area contributed by atoms with Gasteiger partial charge < -0.3 is 9.88 Å². The first-order valence-corrected chi connectivity index (χ1v) is 12.0. The number of H-pyrrole nitrogens is 1. The van der Waals surface area contributed by atoms with Crippen LogP contribution in [0.1, 0.15) is 41.4 Å². The topological polar surface area (TPSA) is 86.4 Å². The van der Waals surface area contributed by atoms with E-state index < -0.39 is 10.0 Å². The van der Waals surface area contributed by atoms with Gasteiger partial charge in [-0.15, -0.1) is 0 Å². The van der Waals surface area contributed by atoms with Gasteiger partial charge in [-0.25, -0.2) is 13.4 Å². The minimum absolute atomic E-state index is 0.0609. The lowest BCUT2D eigenvalue weighted by Crippen LogP contribution is -2.39. The highest BCUT2D eigenvalue weighted by Crippen LogP contribution is 2.29. The molecular formula is C22H24N4O3S. The number of imidazole rings is 1. The van der Waals surface area contributed by atoms with Crippen LogP contribution < -0.4 is 4.31 Å². The lowest BCUT2D eigenvalue weighted by molar-refractivity contribution is 0.0705. The molecule has 0 spiro atoms. The number of benzene rings is 2. The van der Waals surface area contributed by atoms with Crippen molar-refractivity contribution in [2.75, 3.05) is 29.7 Å². The molecule has 2 fully saturated rings. The summed E-state index contributed by atoms with van der Waals surface area (Å²) in [5, 5.41) is 0. The summed E-state index contributed by atoms with van der Waals surface area (Å²) in [6, 6.07) is 14.9. The molecule has 0 saturated carbocycles. The van der Waals surface area contributed by atoms with E-state index in [0.717, 1.165) is 29.7 Å². The van der Waals surface area contributed by atoms with Gasteiger partial charge in [-0.05, 0) is 49.6 Å². The number of fused-ring (bicyclic) bond motifs is 1. The van der Waals surface area contributed by atoms with Crippen LogP contribution in [0.4, 0.5) is 5.69 Å². The van der Waals surface area contributed by atoms with Crippen molar-refractivity contribution in [3.63, 3.8) is 0 Å². The van der Waals surface area contributed by atoms with Gasteiger partial charge in [0.2, 0.25) is 10.0 Å². The van der Waals surface area contributed by atoms with Gasteiger partial charge in [-0.2, -0.15) is 0 Å². The van der Waals surface area contributed by atoms with Gasteiger partial charge in [0, 0.05) is 31.1 Å². The lowest BCUT2D eigenvalue weighted by Gasteiger charge is -2.32. The van der Waals surface area contributed by atoms with Crippen LogP contribution in [-0.2, 0) is 10.0 Å². The Labute approximate surface area is 175 Å². The Balaban J connectivity index is 1.36. The van der Waals surface area contributed by atoms with E-state index in [1.807, 2.05) is 29.2 Å². The molecular weight excluding hydrogens is 400 g/mol. The SMILES string of the molecule is O=C(c1cccc(N2CCCS2(=O)=O)c1)N1CCCC(c2nc3ccccc3[nH]2)C1. The van der Waals surface area contributed by atoms with Crippen LogP contribution in [0.3, 0.4) is 0 Å². The number of carbonyl (C=O) groups is 1. The highest BCUT2D eigenvalue weighted by atomic mass is 32.2. The molecule has 1 amide bonds. The lowest BCUT2D eigenvalue weighted by atomic mass is 9.96. The van der Waals surface area contributed by atoms with Crippen molar-refractivity contribution >= 4 is 32.7 Å². The summed E-state index contributed by atoms with van der Waals surface area (Å²) < 4.78 is 25.9. The Morgan fingerprint density at radius 2 is 1.93 bits per heavy atom. The van der Waals surface area contributed by atoms with Crippen molar-refractivity contribution in [3.05, 3.63) is 59.9 Å². The number of hydrogen-bond acceptors (Lipinski definition) is 4. The van der Waals surface area contributed by atoms with Gasteiger partial charge >= 0.3 is 0 Å². The maximum Gasteiger partial charge on any atom is 0.253 e. The quantitative estimate of drug-likeness (QED) is 0.700. The molecule has 1 unspecified atom stereocenters. The number of anilines is 1. The van der Waals surface area contributed by atoms with Crippen LogP contribution in [0, 0.1) is 0 Å². The van der Waals surface area contributed by atoms with E-state index in [2.05, 4.69) is 4.98 Å². The van der Waals surface area contributed by atoms with E-state index in [0.29, 0.717) is 37.3 Å². The van der Waals surface area contributed by atoms with Crippen molar-refractivity contribution in [2.45, 2.75) is 25.2 Å². The molecule has 1 atom stereocenters. The van der Waals surface area contributed by atoms with Crippen molar-refractivity contribution in [3.8, 4) is 0 Å². The van der Waals surface area contributed by atoms with Crippen molar-refractivity contribution in [1.29, 1.82) is 0 Å². The van der Waals surface area contributed by atoms with Gasteiger partial charge in [0.1, 0.15) is 5.82 Å². The van der Waals surface area contributed by atoms with Crippen molar-refractivity contribution < 1.29 is 13.2 Å². The highest BCUT2D eigenvalue weighted by molar-refractivity contribution is 7.93. The molecule has 1 aromatic heterocycles. The molecule has 0 radical (unpaired) electrons. The molecule has 30 heavy (non-hydrogen) atoms. The summed E-state index contributed by atoms with van der Waals surface area (Å²) in [6.07, 6.45) is 2.51. The molecule has 7 nitrogen and oxygen atoms in total. The first-order chi connectivity index (χ1) is 14.5. The van der Waals surface area contributed by atoms with E-state index in [9.17, 15) is 13.2 Å². The predicted molar refractivity (Wildman–Crippen MR) is 116 cm³/mol. The molecule has 2 aliphatic rings. The van der Waals surface area contributed by atoms with Crippen molar-refractivity contribution in [2.24, 2.45) is 0 Å². The summed E-state index contributed by atoms with van der Waals surface area (Å²) in [7, 11) is -3.27. The maximum absolute atomic E-state index is 13.2. The smallest absolute Gasteiger partial charge is 0.253 e. The van der Waals surface area contributed by atoms with Gasteiger partial charge in [0.25, 0.3) is 5.91 Å². The Morgan fingerprint density at radius 3 is 2.73 bits per heavy atom. The second-order valence-corrected chi connectivity index (χ2v) is 10.0. The number of aromatic nitrogens is 2. The molecule has 5 rings (SSSR count). The summed E-state index contributed by atoms with van der Waals surface area (Å²) in [6.45, 7) is 1.77. The first-order valence-electron chi connectivity index (χ1n) is 10.4. The highest BCUT2D eigenvalue weighted by Gasteiger charge is 2.30. The van der Waals surface area contributed by atoms with Crippen molar-refractivity contribution in [1.82, 2.24) is 14.9 Å². The number of sulfonamides is 1. The molecule has 3 aromatic rings. The van der Waals surface area contributed by atoms with E-state index in [1.165, 1.54) is 4.31 Å². The van der Waals surface area contributed by atoms with Crippen LogP contribution in [-0.4, -0.2) is 54.6 Å². The van der Waals surface area contributed by atoms with Gasteiger partial charge in [0.15, 0.2) is 0 Å². The van der Waals surface area contributed by atoms with Crippen LogP contribution in [0.15, 0.2) is 48.5 Å². The fraction of sp³-hybridized carbons (Fsp3) is 0.364. The summed E-state index contributed by atoms with van der Waals surface area (Å²) in [5.74, 6) is 1.19. The van der Waals surface area contributed by atoms with Gasteiger partial charge in [-0.1, -0.05) is 18.2 Å². The molecule has 2 saturated heterocycles. The molecule has 2 aromatic carbocycles. The summed E-state index contributed by atoms with van der Waals surface area (Å²) in [5.41, 5.74) is 3.05. The van der Waals surface area contributed by atoms with E-state index >= 15 is 0 Å². The number of nitrogens with zero attached hydrogens (tertiary/aromatic N) is 3. The number of amides is 1. The van der Waals surface area contributed by atoms with Gasteiger partial charge in [-0.3, -0.25) is 9.10 Å². The number of rotatable bonds is 3. The number of likely N-dealkylation sites (tertiary alicyclic amines) is 1. The molecule has 156 valence electrons. The zero-order chi connectivity index (χ0) is 20.7. The fourth-order valence-electron chi connectivity index (χ4n) is 4.46. The Hall–Kier alpha value is -2.87. The third kappa shape index (κ3) is 3.45. The zero-order valence-corrected chi connectivity index (χ0v) is 17.4. The van der Waals surface area contributed by atoms with Crippen LogP contribution in [0.25, 0.3) is 11.0 Å². The summed E-state index contributed by atoms with van der Waals surface area (Å²) in [4.78, 5) is 23.2. The first kappa shape index (κ1) is 19.1. The average Bonchev–Trinajstić information content (AvgIpc) is 3.36. The second-order valence-electron chi connectivity index (χ2n) is 8.02. The normalized spacial score (nSPS) is 21.3. The number of piperidine rings is 1. The molecule has 8 heteroatoms. The number of aromatic amines is 1. The molecule has 0 aliphatic carbocycles. The molecule has 2 aliphatic heterocycles. The Bertz CT molecular complexity index is 1170. The molecule has 1 N–H and O–H groups in total. The number of para-hydroxylation sites is 2. The third-order valence-corrected chi connectivity index (χ3v) is 7.85. The number of carbonyl (C=O) groups excluding carboxylic acids is 1. The maximum atomic E-state index is 13.2. The predicted octanol–water partition coefficient (Wildman–Crippen LogP) is 3.12. The Morgan fingerprint density at radius 1 is 1.07 bits per heavy atom. The van der Waals surface area contributed by atoms with E-state index in [4.69, 9.17) is 4.98 Å². The zero-order valence-electron chi connectivity index (χ0n) is 16.6. The third-order valence-electron chi connectivity index (χ3n) is 5.98. The Kier molecular flexibility index (Phi) is 4.73. The largest absolute Gasteiger partial charge is 0.342 e. The average molecular weight is 425 g/mol. The van der Waals surface area contributed by atoms with E-state index in [-0.39, 0.29) is 17.6 Å². The minimum Gasteiger partial charge on any atom is -0.342 e. The molecule has 3 heterocycles. The summed E-state index contributed by atoms with van der Waals surface area (Å²) >= 11 is 0. The molecule has 0 bridgehead atoms. The standard InChI is InChI=1S/C22H24N4O3S/c27-22(16-6-3-8-18(14-16)26-12-5-13-30(26,28)29)25-11-4-7-17(15-25)21-23-19-9-1-2-10-20(19)24-21/h1-3,6,8-10,14,17H,4-5,7,11-13,15H2,(H,23,24). The fourth-order valence-corrected chi connectivity index (χ4v) is 6.01. The number of nitrogens with one attached hydrogen (secondary N) is 1. The van der Waals surface area contributed by atoms with Gasteiger partial charge in [0.05, 0.1) is 22.5 Å². The van der Waals surface area contributed by atoms with E-state index in [1.54, 1.807) is 24.3 Å². The van der Waals surface area contributed by atoms with Crippen LogP contribution in [0.5, 0.6) is 0 Å². The second kappa shape index (κ2) is 7.43. The van der Waals surface area contributed by atoms with Crippen LogP contribution in [0.2, 0.25) is 0 Å².